The van der Waals surface area contributed by atoms with Gasteiger partial charge in [0.2, 0.25) is 5.95 Å². The molecule has 0 bridgehead atoms. The highest BCUT2D eigenvalue weighted by Gasteiger charge is 2.29. The second-order valence-electron chi connectivity index (χ2n) is 8.60. The van der Waals surface area contributed by atoms with Crippen LogP contribution < -0.4 is 19.3 Å². The standard InChI is InChI=1S/C27H27N5O4S/c1-30-20-17-19(25(33)31-11-13-32(14-12-31)27-28-9-4-10-29-27)6-8-23(20)37-24(26(30)34)16-18-5-7-21(35-2)22(15-18)36-3/h4-10,15-17H,11-14H2,1-3H3. The lowest BCUT2D eigenvalue weighted by Gasteiger charge is -2.35. The fraction of sp³-hybridized carbons (Fsp3) is 0.259. The van der Waals surface area contributed by atoms with Gasteiger partial charge in [-0.25, -0.2) is 9.97 Å². The van der Waals surface area contributed by atoms with Crippen LogP contribution in [0.15, 0.2) is 64.7 Å². The molecule has 0 radical (unpaired) electrons. The zero-order chi connectivity index (χ0) is 25.9. The smallest absolute Gasteiger partial charge is 0.264 e. The van der Waals surface area contributed by atoms with E-state index >= 15 is 0 Å². The van der Waals surface area contributed by atoms with Crippen LogP contribution in [0.3, 0.4) is 0 Å². The molecule has 5 rings (SSSR count). The van der Waals surface area contributed by atoms with Crippen LogP contribution in [-0.4, -0.2) is 74.1 Å². The number of hydrogen-bond donors (Lipinski definition) is 0. The Hall–Kier alpha value is -4.05. The first kappa shape index (κ1) is 24.6. The Labute approximate surface area is 219 Å². The molecule has 0 unspecified atom stereocenters. The molecule has 0 N–H and O–H groups in total. The molecule has 2 amide bonds. The summed E-state index contributed by atoms with van der Waals surface area (Å²) in [5.74, 6) is 1.72. The normalized spacial score (nSPS) is 16.6. The lowest BCUT2D eigenvalue weighted by molar-refractivity contribution is -0.114. The average molecular weight is 518 g/mol. The maximum atomic E-state index is 13.3. The topological polar surface area (TPSA) is 88.1 Å². The number of methoxy groups -OCH3 is 2. The van der Waals surface area contributed by atoms with Crippen molar-refractivity contribution in [2.45, 2.75) is 4.90 Å². The number of carbonyl (C=O) groups excluding carboxylic acids is 2. The highest BCUT2D eigenvalue weighted by molar-refractivity contribution is 8.04. The number of fused-ring (bicyclic) bond motifs is 1. The van der Waals surface area contributed by atoms with Gasteiger partial charge in [0.15, 0.2) is 11.5 Å². The predicted molar refractivity (Wildman–Crippen MR) is 143 cm³/mol. The van der Waals surface area contributed by atoms with E-state index in [-0.39, 0.29) is 11.8 Å². The molecule has 190 valence electrons. The van der Waals surface area contributed by atoms with Crippen LogP contribution in [0, 0.1) is 0 Å². The SMILES string of the molecule is COc1ccc(C=C2Sc3ccc(C(=O)N4CCN(c5ncccn5)CC4)cc3N(C)C2=O)cc1OC. The lowest BCUT2D eigenvalue weighted by atomic mass is 10.1. The van der Waals surface area contributed by atoms with Gasteiger partial charge in [0.25, 0.3) is 11.8 Å². The summed E-state index contributed by atoms with van der Waals surface area (Å²) >= 11 is 1.39. The van der Waals surface area contributed by atoms with Gasteiger partial charge in [-0.3, -0.25) is 9.59 Å². The Kier molecular flexibility index (Phi) is 7.00. The van der Waals surface area contributed by atoms with E-state index in [1.807, 2.05) is 47.4 Å². The van der Waals surface area contributed by atoms with E-state index in [0.29, 0.717) is 54.1 Å². The summed E-state index contributed by atoms with van der Waals surface area (Å²) in [5, 5.41) is 0. The Morgan fingerprint density at radius 3 is 2.41 bits per heavy atom. The Balaban J connectivity index is 1.32. The molecular formula is C27H27N5O4S. The fourth-order valence-electron chi connectivity index (χ4n) is 4.37. The second-order valence-corrected chi connectivity index (χ2v) is 9.68. The van der Waals surface area contributed by atoms with Crippen molar-refractivity contribution >= 4 is 41.3 Å². The maximum Gasteiger partial charge on any atom is 0.264 e. The fourth-order valence-corrected chi connectivity index (χ4v) is 5.46. The minimum absolute atomic E-state index is 0.0473. The molecule has 1 saturated heterocycles. The highest BCUT2D eigenvalue weighted by atomic mass is 32.2. The summed E-state index contributed by atoms with van der Waals surface area (Å²) in [5.41, 5.74) is 2.12. The predicted octanol–water partition coefficient (Wildman–Crippen LogP) is 3.57. The number of aromatic nitrogens is 2. The van der Waals surface area contributed by atoms with Crippen molar-refractivity contribution in [3.05, 3.63) is 70.9 Å². The van der Waals surface area contributed by atoms with Crippen LogP contribution in [0.5, 0.6) is 11.5 Å². The number of anilines is 2. The number of carbonyl (C=O) groups is 2. The van der Waals surface area contributed by atoms with Crippen LogP contribution >= 0.6 is 11.8 Å². The van der Waals surface area contributed by atoms with E-state index in [9.17, 15) is 9.59 Å². The van der Waals surface area contributed by atoms with Gasteiger partial charge in [0.1, 0.15) is 0 Å². The molecule has 1 aromatic heterocycles. The quantitative estimate of drug-likeness (QED) is 0.475. The molecule has 2 aliphatic heterocycles. The summed E-state index contributed by atoms with van der Waals surface area (Å²) in [6.45, 7) is 2.49. The van der Waals surface area contributed by atoms with Gasteiger partial charge in [-0.1, -0.05) is 17.8 Å². The molecule has 3 heterocycles. The Morgan fingerprint density at radius 1 is 0.973 bits per heavy atom. The molecule has 9 nitrogen and oxygen atoms in total. The van der Waals surface area contributed by atoms with Crippen molar-refractivity contribution in [3.8, 4) is 11.5 Å². The first-order valence-corrected chi connectivity index (χ1v) is 12.6. The van der Waals surface area contributed by atoms with Crippen LogP contribution in [0.25, 0.3) is 6.08 Å². The van der Waals surface area contributed by atoms with E-state index in [2.05, 4.69) is 14.9 Å². The number of likely N-dealkylation sites (N-methyl/N-ethyl adjacent to an activating group) is 1. The number of thioether (sulfide) groups is 1. The number of ether oxygens (including phenoxy) is 2. The molecule has 37 heavy (non-hydrogen) atoms. The van der Waals surface area contributed by atoms with Crippen molar-refractivity contribution in [2.24, 2.45) is 0 Å². The van der Waals surface area contributed by atoms with Gasteiger partial charge in [-0.15, -0.1) is 0 Å². The number of amides is 2. The lowest BCUT2D eigenvalue weighted by Crippen LogP contribution is -2.49. The number of nitrogens with zero attached hydrogens (tertiary/aromatic N) is 5. The molecule has 0 atom stereocenters. The van der Waals surface area contributed by atoms with Crippen molar-refractivity contribution in [3.63, 3.8) is 0 Å². The first-order valence-electron chi connectivity index (χ1n) is 11.8. The third-order valence-electron chi connectivity index (χ3n) is 6.41. The highest BCUT2D eigenvalue weighted by Crippen LogP contribution is 2.42. The van der Waals surface area contributed by atoms with E-state index in [1.54, 1.807) is 44.6 Å². The molecule has 3 aromatic rings. The van der Waals surface area contributed by atoms with Gasteiger partial charge < -0.3 is 24.2 Å². The Morgan fingerprint density at radius 2 is 1.70 bits per heavy atom. The van der Waals surface area contributed by atoms with E-state index in [4.69, 9.17) is 9.47 Å². The number of hydrogen-bond acceptors (Lipinski definition) is 8. The van der Waals surface area contributed by atoms with Crippen LogP contribution in [0.4, 0.5) is 11.6 Å². The first-order chi connectivity index (χ1) is 18.0. The van der Waals surface area contributed by atoms with Crippen LogP contribution in [-0.2, 0) is 4.79 Å². The Bertz CT molecular complexity index is 1360. The maximum absolute atomic E-state index is 13.3. The molecule has 10 heteroatoms. The van der Waals surface area contributed by atoms with Crippen molar-refractivity contribution in [1.29, 1.82) is 0 Å². The zero-order valence-corrected chi connectivity index (χ0v) is 21.7. The minimum Gasteiger partial charge on any atom is -0.493 e. The van der Waals surface area contributed by atoms with E-state index < -0.39 is 0 Å². The van der Waals surface area contributed by atoms with Gasteiger partial charge in [-0.2, -0.15) is 0 Å². The monoisotopic (exact) mass is 517 g/mol. The largest absolute Gasteiger partial charge is 0.493 e. The molecule has 2 aliphatic rings. The summed E-state index contributed by atoms with van der Waals surface area (Å²) in [4.78, 5) is 42.1. The number of piperazine rings is 1. The molecule has 0 aliphatic carbocycles. The third-order valence-corrected chi connectivity index (χ3v) is 7.49. The van der Waals surface area contributed by atoms with Gasteiger partial charge in [0.05, 0.1) is 24.8 Å². The van der Waals surface area contributed by atoms with Crippen LogP contribution in [0.2, 0.25) is 0 Å². The summed E-state index contributed by atoms with van der Waals surface area (Å²) in [6.07, 6.45) is 5.28. The number of rotatable bonds is 5. The average Bonchev–Trinajstić information content (AvgIpc) is 2.95. The number of benzene rings is 2. The van der Waals surface area contributed by atoms with Crippen molar-refractivity contribution < 1.29 is 19.1 Å². The summed E-state index contributed by atoms with van der Waals surface area (Å²) < 4.78 is 10.7. The van der Waals surface area contributed by atoms with Crippen molar-refractivity contribution in [2.75, 3.05) is 57.2 Å². The zero-order valence-electron chi connectivity index (χ0n) is 20.9. The van der Waals surface area contributed by atoms with E-state index in [0.717, 1.165) is 16.1 Å². The van der Waals surface area contributed by atoms with Crippen molar-refractivity contribution in [1.82, 2.24) is 14.9 Å². The summed E-state index contributed by atoms with van der Waals surface area (Å²) in [6, 6.07) is 12.9. The third kappa shape index (κ3) is 4.97. The molecule has 1 fully saturated rings. The summed E-state index contributed by atoms with van der Waals surface area (Å²) in [7, 11) is 4.90. The minimum atomic E-state index is -0.131. The van der Waals surface area contributed by atoms with Gasteiger partial charge in [-0.05, 0) is 48.0 Å². The molecule has 2 aromatic carbocycles. The van der Waals surface area contributed by atoms with Crippen LogP contribution in [0.1, 0.15) is 15.9 Å². The molecular weight excluding hydrogens is 490 g/mol. The van der Waals surface area contributed by atoms with Gasteiger partial charge >= 0.3 is 0 Å². The van der Waals surface area contributed by atoms with Gasteiger partial charge in [0, 0.05) is 56.1 Å². The van der Waals surface area contributed by atoms with E-state index in [1.165, 1.54) is 11.8 Å². The second kappa shape index (κ2) is 10.5. The molecule has 0 saturated carbocycles. The molecule has 0 spiro atoms.